The van der Waals surface area contributed by atoms with Crippen LogP contribution in [0.5, 0.6) is 5.75 Å². The molecule has 0 unspecified atom stereocenters. The van der Waals surface area contributed by atoms with E-state index >= 15 is 0 Å². The number of benzene rings is 5. The molecule has 5 rings (SSSR count). The molecule has 0 heterocycles. The number of nitrogens with two attached hydrogens (primary N) is 4. The first-order valence-corrected chi connectivity index (χ1v) is 15.9. The fourth-order valence-electron chi connectivity index (χ4n) is 4.19. The van der Waals surface area contributed by atoms with Crippen molar-refractivity contribution >= 4 is 147 Å². The van der Waals surface area contributed by atoms with Crippen molar-refractivity contribution in [1.29, 1.82) is 0 Å². The summed E-state index contributed by atoms with van der Waals surface area (Å²) in [6, 6.07) is 17.6. The summed E-state index contributed by atoms with van der Waals surface area (Å²) in [7, 11) is -9.84. The number of nitrogens with zero attached hydrogens (tertiary/aromatic N) is 6. The van der Waals surface area contributed by atoms with E-state index in [1.165, 1.54) is 48.5 Å². The summed E-state index contributed by atoms with van der Waals surface area (Å²) in [6.07, 6.45) is 0. The van der Waals surface area contributed by atoms with Gasteiger partial charge in [0.25, 0.3) is 20.2 Å². The minimum absolute atomic E-state index is 0. The summed E-state index contributed by atoms with van der Waals surface area (Å²) in [5.74, 6) is -0.704. The number of fused-ring (bicyclic) bond motifs is 1. The fourth-order valence-corrected chi connectivity index (χ4v) is 5.49. The van der Waals surface area contributed by atoms with E-state index in [1.807, 2.05) is 0 Å². The molecule has 2 radical (unpaired) electrons. The van der Waals surface area contributed by atoms with Gasteiger partial charge in [0.2, 0.25) is 0 Å². The normalized spacial score (nSPS) is 12.0. The number of rotatable bonds is 8. The Morgan fingerprint density at radius 1 is 0.510 bits per heavy atom. The van der Waals surface area contributed by atoms with Gasteiger partial charge in [-0.05, 0) is 78.2 Å². The molecule has 0 spiro atoms. The van der Waals surface area contributed by atoms with E-state index in [1.54, 1.807) is 12.1 Å². The summed E-state index contributed by atoms with van der Waals surface area (Å²) < 4.78 is 68.5. The Hall–Kier alpha value is -4.02. The molecule has 0 atom stereocenters. The van der Waals surface area contributed by atoms with Gasteiger partial charge in [0, 0.05) is 75.9 Å². The van der Waals surface area contributed by atoms with E-state index in [4.69, 9.17) is 22.9 Å². The fraction of sp³-hybridized carbons (Fsp3) is 0. The molecule has 49 heavy (non-hydrogen) atoms. The first-order valence-electron chi connectivity index (χ1n) is 13.0. The number of hydrogen-bond acceptors (Lipinski definition) is 15. The Morgan fingerprint density at radius 3 is 1.53 bits per heavy atom. The number of azo groups is 3. The molecule has 0 aliphatic carbocycles. The molecular formula is C28H24N10Na2O7S2. The smallest absolute Gasteiger partial charge is 0.296 e. The average molecular weight is 723 g/mol. The minimum Gasteiger partial charge on any atom is -0.505 e. The van der Waals surface area contributed by atoms with Crippen molar-refractivity contribution in [2.75, 3.05) is 22.9 Å². The number of phenolic OH excluding ortho intramolecular Hbond substituents is 1. The van der Waals surface area contributed by atoms with Crippen molar-refractivity contribution in [1.82, 2.24) is 0 Å². The van der Waals surface area contributed by atoms with Crippen LogP contribution in [0.4, 0.5) is 56.9 Å². The molecule has 11 N–H and O–H groups in total. The Kier molecular flexibility index (Phi) is 12.6. The van der Waals surface area contributed by atoms with Crippen LogP contribution in [-0.2, 0) is 20.2 Å². The Labute approximate surface area is 323 Å². The van der Waals surface area contributed by atoms with Crippen LogP contribution in [-0.4, -0.2) is 90.2 Å². The first kappa shape index (κ1) is 39.4. The molecule has 0 bridgehead atoms. The van der Waals surface area contributed by atoms with Crippen molar-refractivity contribution in [2.45, 2.75) is 9.79 Å². The summed E-state index contributed by atoms with van der Waals surface area (Å²) >= 11 is 0. The van der Waals surface area contributed by atoms with E-state index in [0.29, 0.717) is 17.1 Å². The van der Waals surface area contributed by atoms with E-state index < -0.39 is 41.5 Å². The molecule has 5 aromatic carbocycles. The van der Waals surface area contributed by atoms with Crippen molar-refractivity contribution in [3.8, 4) is 5.75 Å². The second-order valence-corrected chi connectivity index (χ2v) is 12.6. The first-order chi connectivity index (χ1) is 22.1. The summed E-state index contributed by atoms with van der Waals surface area (Å²) in [6.45, 7) is 0. The van der Waals surface area contributed by atoms with E-state index in [9.17, 15) is 31.0 Å². The minimum atomic E-state index is -4.96. The molecule has 0 aromatic heterocycles. The second kappa shape index (κ2) is 15.7. The van der Waals surface area contributed by atoms with Crippen LogP contribution in [0.15, 0.2) is 119 Å². The Morgan fingerprint density at radius 2 is 0.980 bits per heavy atom. The third-order valence-electron chi connectivity index (χ3n) is 6.44. The van der Waals surface area contributed by atoms with Crippen LogP contribution < -0.4 is 22.9 Å². The maximum absolute atomic E-state index is 12.2. The number of nitrogen functional groups attached to an aromatic ring is 4. The van der Waals surface area contributed by atoms with E-state index in [0.717, 1.165) is 18.2 Å². The van der Waals surface area contributed by atoms with Crippen molar-refractivity contribution in [3.05, 3.63) is 78.9 Å². The summed E-state index contributed by atoms with van der Waals surface area (Å²) in [5, 5.41) is 34.9. The van der Waals surface area contributed by atoms with Gasteiger partial charge < -0.3 is 28.0 Å². The molecular weight excluding hydrogens is 698 g/mol. The zero-order valence-electron chi connectivity index (χ0n) is 25.8. The molecule has 0 fully saturated rings. The van der Waals surface area contributed by atoms with Gasteiger partial charge in [-0.15, -0.1) is 20.5 Å². The molecule has 0 saturated carbocycles. The maximum atomic E-state index is 12.2. The predicted molar refractivity (Wildman–Crippen MR) is 186 cm³/mol. The molecule has 21 heteroatoms. The topological polar surface area (TPSA) is 307 Å². The maximum Gasteiger partial charge on any atom is 0.296 e. The van der Waals surface area contributed by atoms with Gasteiger partial charge >= 0.3 is 0 Å². The Balaban J connectivity index is 0.00000325. The van der Waals surface area contributed by atoms with Gasteiger partial charge in [-0.1, -0.05) is 6.07 Å². The van der Waals surface area contributed by atoms with Crippen LogP contribution in [0.2, 0.25) is 0 Å². The predicted octanol–water partition coefficient (Wildman–Crippen LogP) is 5.85. The van der Waals surface area contributed by atoms with Crippen LogP contribution >= 0.6 is 0 Å². The standard InChI is InChI=1S/C28H24N10O7S2.2Na/c29-15-2-6-22(20(31)10-15)35-33-17-4-1-14-9-26(47(43,44)45)27(28(39)19(14)12-17)38-34-18-5-8-24(25(13-18)46(40,41)42)37-36-23-7-3-16(30)11-21(23)32;;/h1-13,39H,29-32H2,(H,40,41,42)(H,43,44,45);;. The van der Waals surface area contributed by atoms with Gasteiger partial charge in [-0.25, -0.2) is 0 Å². The monoisotopic (exact) mass is 722 g/mol. The van der Waals surface area contributed by atoms with Crippen LogP contribution in [0.3, 0.4) is 0 Å². The van der Waals surface area contributed by atoms with Gasteiger partial charge in [0.1, 0.15) is 32.5 Å². The average Bonchev–Trinajstić information content (AvgIpc) is 2.99. The van der Waals surface area contributed by atoms with Crippen molar-refractivity contribution in [2.24, 2.45) is 30.7 Å². The zero-order valence-corrected chi connectivity index (χ0v) is 31.4. The largest absolute Gasteiger partial charge is 0.505 e. The molecule has 0 amide bonds. The molecule has 0 aliphatic heterocycles. The van der Waals surface area contributed by atoms with Crippen molar-refractivity contribution in [3.63, 3.8) is 0 Å². The van der Waals surface area contributed by atoms with Crippen LogP contribution in [0.25, 0.3) is 10.8 Å². The third kappa shape index (κ3) is 9.36. The molecule has 0 aliphatic rings. The Bertz CT molecular complexity index is 2390. The molecule has 5 aromatic rings. The SMILES string of the molecule is Nc1ccc(N=Nc2ccc3cc(S(=O)(=O)O)c(N=Nc4ccc(N=Nc5ccc(N)cc5N)c(S(=O)(=O)O)c4)c(O)c3c2)c(N)c1.[Na].[Na]. The number of anilines is 4. The third-order valence-corrected chi connectivity index (χ3v) is 8.19. The quantitative estimate of drug-likeness (QED) is 0.0431. The number of phenols is 1. The summed E-state index contributed by atoms with van der Waals surface area (Å²) in [4.78, 5) is -1.52. The summed E-state index contributed by atoms with van der Waals surface area (Å²) in [5.41, 5.74) is 23.9. The molecule has 17 nitrogen and oxygen atoms in total. The number of hydrogen-bond donors (Lipinski definition) is 7. The second-order valence-electron chi connectivity index (χ2n) is 9.82. The van der Waals surface area contributed by atoms with Gasteiger partial charge in [-0.2, -0.15) is 27.1 Å². The van der Waals surface area contributed by atoms with E-state index in [-0.39, 0.29) is 104 Å². The van der Waals surface area contributed by atoms with Gasteiger partial charge in [0.05, 0.1) is 22.7 Å². The van der Waals surface area contributed by atoms with Crippen LogP contribution in [0, 0.1) is 0 Å². The van der Waals surface area contributed by atoms with Gasteiger partial charge in [-0.3, -0.25) is 9.11 Å². The van der Waals surface area contributed by atoms with Crippen molar-refractivity contribution < 1.29 is 31.0 Å². The zero-order chi connectivity index (χ0) is 34.1. The van der Waals surface area contributed by atoms with Gasteiger partial charge in [0.15, 0.2) is 5.75 Å². The van der Waals surface area contributed by atoms with Crippen LogP contribution in [0.1, 0.15) is 0 Å². The van der Waals surface area contributed by atoms with E-state index in [2.05, 4.69) is 30.7 Å². The molecule has 242 valence electrons. The molecule has 0 saturated heterocycles. The number of aromatic hydroxyl groups is 1.